The van der Waals surface area contributed by atoms with Gasteiger partial charge in [0.1, 0.15) is 5.82 Å². The van der Waals surface area contributed by atoms with Gasteiger partial charge in [0.2, 0.25) is 0 Å². The van der Waals surface area contributed by atoms with Crippen molar-refractivity contribution in [1.82, 2.24) is 4.98 Å². The summed E-state index contributed by atoms with van der Waals surface area (Å²) in [5.74, 6) is 0.167. The minimum absolute atomic E-state index is 0.165. The summed E-state index contributed by atoms with van der Waals surface area (Å²) in [6, 6.07) is 22.8. The summed E-state index contributed by atoms with van der Waals surface area (Å²) in [4.78, 5) is 45.0. The molecule has 0 bridgehead atoms. The Morgan fingerprint density at radius 2 is 1.31 bits per heavy atom. The first kappa shape index (κ1) is 27.2. The SMILES string of the molecule is O=C(Nc1ccc(C(=O)c2ccc(NC(=O)c3cnc4c(c3)CCN4)cc2)cc1)c1ccc(N2CCC(O)CC2)cc1. The second-order valence-electron chi connectivity index (χ2n) is 10.6. The molecule has 0 saturated carbocycles. The first-order valence-corrected chi connectivity index (χ1v) is 14.1. The molecular formula is C33H31N5O4. The number of ketones is 1. The normalized spacial score (nSPS) is 14.5. The van der Waals surface area contributed by atoms with Gasteiger partial charge in [-0.1, -0.05) is 0 Å². The third-order valence-electron chi connectivity index (χ3n) is 7.68. The Morgan fingerprint density at radius 1 is 0.762 bits per heavy atom. The van der Waals surface area contributed by atoms with E-state index < -0.39 is 0 Å². The van der Waals surface area contributed by atoms with Crippen molar-refractivity contribution in [2.24, 2.45) is 0 Å². The van der Waals surface area contributed by atoms with Crippen LogP contribution >= 0.6 is 0 Å². The van der Waals surface area contributed by atoms with E-state index in [-0.39, 0.29) is 23.7 Å². The minimum atomic E-state index is -0.257. The second kappa shape index (κ2) is 11.8. The Bertz CT molecular complexity index is 1610. The average molecular weight is 562 g/mol. The van der Waals surface area contributed by atoms with Gasteiger partial charge in [0.05, 0.1) is 11.7 Å². The quantitative estimate of drug-likeness (QED) is 0.240. The molecule has 0 aliphatic carbocycles. The number of benzene rings is 3. The molecule has 212 valence electrons. The van der Waals surface area contributed by atoms with Gasteiger partial charge in [-0.25, -0.2) is 4.98 Å². The number of nitrogens with zero attached hydrogens (tertiary/aromatic N) is 2. The van der Waals surface area contributed by atoms with Crippen LogP contribution in [0.2, 0.25) is 0 Å². The first-order valence-electron chi connectivity index (χ1n) is 14.1. The lowest BCUT2D eigenvalue weighted by Gasteiger charge is -2.31. The molecule has 4 aromatic rings. The van der Waals surface area contributed by atoms with E-state index in [1.54, 1.807) is 66.9 Å². The standard InChI is InChI=1S/C33H31N5O4/c39-29-14-17-38(18-15-29)28-11-5-23(6-12-28)32(41)36-26-7-1-21(2-8-26)30(40)22-3-9-27(10-4-22)37-33(42)25-19-24-13-16-34-31(24)35-20-25/h1-12,19-20,29,39H,13-18H2,(H,34,35)(H,36,41)(H,37,42). The van der Waals surface area contributed by atoms with Gasteiger partial charge in [0.25, 0.3) is 11.8 Å². The van der Waals surface area contributed by atoms with Crippen molar-refractivity contribution in [1.29, 1.82) is 0 Å². The zero-order valence-corrected chi connectivity index (χ0v) is 23.0. The molecule has 1 saturated heterocycles. The molecule has 3 heterocycles. The monoisotopic (exact) mass is 561 g/mol. The van der Waals surface area contributed by atoms with Crippen LogP contribution in [0.1, 0.15) is 55.0 Å². The highest BCUT2D eigenvalue weighted by Crippen LogP contribution is 2.23. The third-order valence-corrected chi connectivity index (χ3v) is 7.68. The van der Waals surface area contributed by atoms with Crippen molar-refractivity contribution in [2.45, 2.75) is 25.4 Å². The molecular weight excluding hydrogens is 530 g/mol. The number of aromatic nitrogens is 1. The van der Waals surface area contributed by atoms with Crippen LogP contribution in [0.5, 0.6) is 0 Å². The van der Waals surface area contributed by atoms with Crippen LogP contribution in [0, 0.1) is 0 Å². The summed E-state index contributed by atoms with van der Waals surface area (Å²) in [6.07, 6.45) is 3.65. The molecule has 6 rings (SSSR count). The molecule has 4 N–H and O–H groups in total. The minimum Gasteiger partial charge on any atom is -0.393 e. The molecule has 0 atom stereocenters. The van der Waals surface area contributed by atoms with Gasteiger partial charge < -0.3 is 26.0 Å². The molecule has 2 aliphatic heterocycles. The number of carbonyl (C=O) groups is 3. The summed E-state index contributed by atoms with van der Waals surface area (Å²) in [6.45, 7) is 2.41. The Hall–Kier alpha value is -5.02. The fourth-order valence-corrected chi connectivity index (χ4v) is 5.23. The zero-order chi connectivity index (χ0) is 29.1. The lowest BCUT2D eigenvalue weighted by Crippen LogP contribution is -2.35. The summed E-state index contributed by atoms with van der Waals surface area (Å²) in [5, 5.41) is 18.6. The van der Waals surface area contributed by atoms with Crippen LogP contribution in [0.4, 0.5) is 22.9 Å². The van der Waals surface area contributed by atoms with Crippen LogP contribution in [0.3, 0.4) is 0 Å². The molecule has 3 aromatic carbocycles. The number of aliphatic hydroxyl groups is 1. The number of hydrogen-bond donors (Lipinski definition) is 4. The molecule has 2 aliphatic rings. The molecule has 42 heavy (non-hydrogen) atoms. The van der Waals surface area contributed by atoms with E-state index in [1.165, 1.54) is 0 Å². The smallest absolute Gasteiger partial charge is 0.257 e. The number of hydrogen-bond acceptors (Lipinski definition) is 7. The van der Waals surface area contributed by atoms with Gasteiger partial charge in [-0.05, 0) is 104 Å². The summed E-state index contributed by atoms with van der Waals surface area (Å²) < 4.78 is 0. The maximum atomic E-state index is 13.0. The largest absolute Gasteiger partial charge is 0.393 e. The Balaban J connectivity index is 1.04. The van der Waals surface area contributed by atoms with E-state index in [1.807, 2.05) is 18.2 Å². The molecule has 1 aromatic heterocycles. The predicted molar refractivity (Wildman–Crippen MR) is 163 cm³/mol. The van der Waals surface area contributed by atoms with Crippen molar-refractivity contribution in [3.8, 4) is 0 Å². The van der Waals surface area contributed by atoms with Crippen LogP contribution < -0.4 is 20.9 Å². The summed E-state index contributed by atoms with van der Waals surface area (Å²) in [5.41, 5.74) is 5.21. The van der Waals surface area contributed by atoms with Crippen molar-refractivity contribution in [3.63, 3.8) is 0 Å². The van der Waals surface area contributed by atoms with E-state index in [2.05, 4.69) is 25.8 Å². The number of anilines is 4. The number of rotatable bonds is 7. The second-order valence-corrected chi connectivity index (χ2v) is 10.6. The number of amides is 2. The van der Waals surface area contributed by atoms with Crippen molar-refractivity contribution in [3.05, 3.63) is 113 Å². The molecule has 9 heteroatoms. The van der Waals surface area contributed by atoms with E-state index in [0.717, 1.165) is 56.0 Å². The highest BCUT2D eigenvalue weighted by molar-refractivity contribution is 6.10. The summed E-state index contributed by atoms with van der Waals surface area (Å²) in [7, 11) is 0. The number of fused-ring (bicyclic) bond motifs is 1. The highest BCUT2D eigenvalue weighted by Gasteiger charge is 2.18. The van der Waals surface area contributed by atoms with Gasteiger partial charge >= 0.3 is 0 Å². The van der Waals surface area contributed by atoms with Crippen LogP contribution in [0.15, 0.2) is 85.1 Å². The lowest BCUT2D eigenvalue weighted by molar-refractivity contribution is 0.101. The first-order chi connectivity index (χ1) is 20.4. The highest BCUT2D eigenvalue weighted by atomic mass is 16.3. The Morgan fingerprint density at radius 3 is 1.90 bits per heavy atom. The Kier molecular flexibility index (Phi) is 7.66. The van der Waals surface area contributed by atoms with Crippen molar-refractivity contribution >= 4 is 40.5 Å². The number of aliphatic hydroxyl groups excluding tert-OH is 1. The van der Waals surface area contributed by atoms with E-state index in [0.29, 0.717) is 33.6 Å². The van der Waals surface area contributed by atoms with Gasteiger partial charge in [0.15, 0.2) is 5.78 Å². The van der Waals surface area contributed by atoms with Crippen LogP contribution in [0.25, 0.3) is 0 Å². The molecule has 2 amide bonds. The number of piperidine rings is 1. The molecule has 9 nitrogen and oxygen atoms in total. The number of carbonyl (C=O) groups excluding carboxylic acids is 3. The van der Waals surface area contributed by atoms with Crippen LogP contribution in [-0.4, -0.2) is 53.4 Å². The van der Waals surface area contributed by atoms with Gasteiger partial charge in [-0.3, -0.25) is 14.4 Å². The average Bonchev–Trinajstić information content (AvgIpc) is 3.50. The fraction of sp³-hybridized carbons (Fsp3) is 0.212. The summed E-state index contributed by atoms with van der Waals surface area (Å²) >= 11 is 0. The van der Waals surface area contributed by atoms with E-state index in [9.17, 15) is 19.5 Å². The lowest BCUT2D eigenvalue weighted by atomic mass is 10.0. The van der Waals surface area contributed by atoms with Gasteiger partial charge in [0, 0.05) is 59.6 Å². The van der Waals surface area contributed by atoms with Gasteiger partial charge in [-0.15, -0.1) is 0 Å². The predicted octanol–water partition coefficient (Wildman–Crippen LogP) is 4.75. The third kappa shape index (κ3) is 6.01. The maximum Gasteiger partial charge on any atom is 0.257 e. The van der Waals surface area contributed by atoms with Gasteiger partial charge in [-0.2, -0.15) is 0 Å². The van der Waals surface area contributed by atoms with E-state index >= 15 is 0 Å². The molecule has 0 unspecified atom stereocenters. The molecule has 0 spiro atoms. The van der Waals surface area contributed by atoms with Crippen molar-refractivity contribution in [2.75, 3.05) is 40.5 Å². The maximum absolute atomic E-state index is 13.0. The topological polar surface area (TPSA) is 124 Å². The molecule has 0 radical (unpaired) electrons. The van der Waals surface area contributed by atoms with Crippen LogP contribution in [-0.2, 0) is 6.42 Å². The Labute approximate surface area is 243 Å². The number of pyridine rings is 1. The molecule has 1 fully saturated rings. The van der Waals surface area contributed by atoms with Crippen molar-refractivity contribution < 1.29 is 19.5 Å². The fourth-order valence-electron chi connectivity index (χ4n) is 5.23. The zero-order valence-electron chi connectivity index (χ0n) is 23.0. The van der Waals surface area contributed by atoms with E-state index in [4.69, 9.17) is 0 Å². The number of nitrogens with one attached hydrogen (secondary N) is 3.